The first-order valence-electron chi connectivity index (χ1n) is 6.00. The fourth-order valence-corrected chi connectivity index (χ4v) is 2.41. The maximum atomic E-state index is 12.9. The van der Waals surface area contributed by atoms with Crippen molar-refractivity contribution in [1.82, 2.24) is 10.2 Å². The number of rotatable bonds is 4. The normalized spacial score (nSPS) is 24.1. The number of halogens is 1. The highest BCUT2D eigenvalue weighted by atomic mass is 19.1. The van der Waals surface area contributed by atoms with Crippen LogP contribution in [0.25, 0.3) is 0 Å². The molecule has 0 aromatic heterocycles. The molecule has 0 radical (unpaired) electrons. The Hall–Kier alpha value is -1.62. The Bertz CT molecular complexity index is 399. The van der Waals surface area contributed by atoms with Gasteiger partial charge in [0.1, 0.15) is 0 Å². The Kier molecular flexibility index (Phi) is 4.15. The molecule has 1 amide bonds. The summed E-state index contributed by atoms with van der Waals surface area (Å²) in [7, 11) is 0. The zero-order valence-electron chi connectivity index (χ0n) is 10.1. The van der Waals surface area contributed by atoms with Gasteiger partial charge in [0.2, 0.25) is 0 Å². The highest BCUT2D eigenvalue weighted by Gasteiger charge is 2.33. The van der Waals surface area contributed by atoms with Crippen LogP contribution in [0.2, 0.25) is 0 Å². The molecule has 2 unspecified atom stereocenters. The molecule has 0 saturated carbocycles. The van der Waals surface area contributed by atoms with Crippen molar-refractivity contribution in [2.75, 3.05) is 19.8 Å². The molecular formula is C13H17FN2O2. The lowest BCUT2D eigenvalue weighted by molar-refractivity contribution is 0.185. The molecule has 2 rings (SSSR count). The van der Waals surface area contributed by atoms with Gasteiger partial charge in [-0.2, -0.15) is 0 Å². The summed E-state index contributed by atoms with van der Waals surface area (Å²) in [6.45, 7) is 1.40. The molecule has 1 fully saturated rings. The van der Waals surface area contributed by atoms with E-state index in [1.165, 1.54) is 0 Å². The fourth-order valence-electron chi connectivity index (χ4n) is 2.41. The highest BCUT2D eigenvalue weighted by Crippen LogP contribution is 2.19. The van der Waals surface area contributed by atoms with Crippen molar-refractivity contribution in [3.63, 3.8) is 0 Å². The highest BCUT2D eigenvalue weighted by molar-refractivity contribution is 5.65. The van der Waals surface area contributed by atoms with Crippen LogP contribution in [0.15, 0.2) is 30.3 Å². The van der Waals surface area contributed by atoms with E-state index in [0.29, 0.717) is 13.1 Å². The van der Waals surface area contributed by atoms with Gasteiger partial charge in [-0.05, 0) is 5.56 Å². The average molecular weight is 252 g/mol. The van der Waals surface area contributed by atoms with Crippen LogP contribution in [-0.2, 0) is 6.54 Å². The molecule has 1 saturated heterocycles. The lowest BCUT2D eigenvalue weighted by Gasteiger charge is -2.15. The topological polar surface area (TPSA) is 52.6 Å². The van der Waals surface area contributed by atoms with Crippen molar-refractivity contribution in [2.24, 2.45) is 5.92 Å². The fraction of sp³-hybridized carbons (Fsp3) is 0.462. The zero-order chi connectivity index (χ0) is 13.0. The standard InChI is InChI=1S/C13H17FN2O2/c14-6-11-8-16(9-12(11)15-13(17)18)7-10-4-2-1-3-5-10/h1-5,11-12,15H,6-9H2,(H,17,18). The van der Waals surface area contributed by atoms with Gasteiger partial charge in [0.25, 0.3) is 0 Å². The lowest BCUT2D eigenvalue weighted by atomic mass is 10.1. The first-order chi connectivity index (χ1) is 8.69. The summed E-state index contributed by atoms with van der Waals surface area (Å²) in [5.74, 6) is -0.246. The molecule has 0 aliphatic carbocycles. The Morgan fingerprint density at radius 3 is 2.72 bits per heavy atom. The second kappa shape index (κ2) is 5.82. The van der Waals surface area contributed by atoms with E-state index in [1.54, 1.807) is 0 Å². The van der Waals surface area contributed by atoms with Crippen molar-refractivity contribution >= 4 is 6.09 Å². The van der Waals surface area contributed by atoms with Crippen LogP contribution in [0.3, 0.4) is 0 Å². The van der Waals surface area contributed by atoms with Gasteiger partial charge in [-0.15, -0.1) is 0 Å². The van der Waals surface area contributed by atoms with Gasteiger partial charge in [0.15, 0.2) is 0 Å². The second-order valence-electron chi connectivity index (χ2n) is 4.65. The molecule has 1 aliphatic rings. The van der Waals surface area contributed by atoms with Crippen LogP contribution in [-0.4, -0.2) is 41.9 Å². The van der Waals surface area contributed by atoms with E-state index in [0.717, 1.165) is 12.1 Å². The molecule has 1 aliphatic heterocycles. The number of alkyl halides is 1. The Morgan fingerprint density at radius 1 is 1.39 bits per heavy atom. The number of likely N-dealkylation sites (tertiary alicyclic amines) is 1. The summed E-state index contributed by atoms with van der Waals surface area (Å²) in [6, 6.07) is 9.60. The van der Waals surface area contributed by atoms with Crippen LogP contribution >= 0.6 is 0 Å². The second-order valence-corrected chi connectivity index (χ2v) is 4.65. The van der Waals surface area contributed by atoms with Crippen molar-refractivity contribution in [3.8, 4) is 0 Å². The summed E-state index contributed by atoms with van der Waals surface area (Å²) >= 11 is 0. The quantitative estimate of drug-likeness (QED) is 0.858. The van der Waals surface area contributed by atoms with E-state index in [2.05, 4.69) is 10.2 Å². The molecule has 5 heteroatoms. The summed E-state index contributed by atoms with van der Waals surface area (Å²) < 4.78 is 12.9. The molecule has 98 valence electrons. The van der Waals surface area contributed by atoms with Crippen LogP contribution in [0.1, 0.15) is 5.56 Å². The third-order valence-electron chi connectivity index (χ3n) is 3.27. The number of hydrogen-bond acceptors (Lipinski definition) is 2. The molecule has 18 heavy (non-hydrogen) atoms. The summed E-state index contributed by atoms with van der Waals surface area (Å²) in [6.07, 6.45) is -1.08. The van der Waals surface area contributed by atoms with Crippen molar-refractivity contribution < 1.29 is 14.3 Å². The number of carbonyl (C=O) groups is 1. The van der Waals surface area contributed by atoms with Gasteiger partial charge < -0.3 is 10.4 Å². The summed E-state index contributed by atoms with van der Waals surface area (Å²) in [5, 5.41) is 11.1. The number of amides is 1. The Balaban J connectivity index is 1.94. The zero-order valence-corrected chi connectivity index (χ0v) is 10.1. The van der Waals surface area contributed by atoms with Crippen LogP contribution in [0.4, 0.5) is 9.18 Å². The molecule has 2 N–H and O–H groups in total. The van der Waals surface area contributed by atoms with E-state index in [1.807, 2.05) is 30.3 Å². The maximum absolute atomic E-state index is 12.9. The third kappa shape index (κ3) is 3.20. The van der Waals surface area contributed by atoms with E-state index < -0.39 is 12.8 Å². The SMILES string of the molecule is O=C(O)NC1CN(Cc2ccccc2)CC1CF. The van der Waals surface area contributed by atoms with Crippen LogP contribution < -0.4 is 5.32 Å². The molecule has 1 aromatic rings. The van der Waals surface area contributed by atoms with E-state index in [4.69, 9.17) is 5.11 Å². The van der Waals surface area contributed by atoms with Gasteiger partial charge >= 0.3 is 6.09 Å². The first kappa shape index (κ1) is 12.8. The monoisotopic (exact) mass is 252 g/mol. The van der Waals surface area contributed by atoms with E-state index in [-0.39, 0.29) is 12.0 Å². The average Bonchev–Trinajstić information content (AvgIpc) is 2.71. The van der Waals surface area contributed by atoms with Crippen molar-refractivity contribution in [1.29, 1.82) is 0 Å². The van der Waals surface area contributed by atoms with Gasteiger partial charge in [-0.3, -0.25) is 9.29 Å². The van der Waals surface area contributed by atoms with Crippen molar-refractivity contribution in [2.45, 2.75) is 12.6 Å². The molecule has 2 atom stereocenters. The van der Waals surface area contributed by atoms with Gasteiger partial charge in [-0.25, -0.2) is 4.79 Å². The number of nitrogens with zero attached hydrogens (tertiary/aromatic N) is 1. The van der Waals surface area contributed by atoms with Crippen LogP contribution in [0, 0.1) is 5.92 Å². The first-order valence-corrected chi connectivity index (χ1v) is 6.00. The van der Waals surface area contributed by atoms with Gasteiger partial charge in [0, 0.05) is 25.6 Å². The lowest BCUT2D eigenvalue weighted by Crippen LogP contribution is -2.40. The molecule has 0 bridgehead atoms. The van der Waals surface area contributed by atoms with Crippen molar-refractivity contribution in [3.05, 3.63) is 35.9 Å². The van der Waals surface area contributed by atoms with Gasteiger partial charge in [-0.1, -0.05) is 30.3 Å². The van der Waals surface area contributed by atoms with Crippen LogP contribution in [0.5, 0.6) is 0 Å². The molecular weight excluding hydrogens is 235 g/mol. The van der Waals surface area contributed by atoms with E-state index >= 15 is 0 Å². The summed E-state index contributed by atoms with van der Waals surface area (Å²) in [4.78, 5) is 12.7. The number of hydrogen-bond donors (Lipinski definition) is 2. The van der Waals surface area contributed by atoms with E-state index in [9.17, 15) is 9.18 Å². The molecule has 0 spiro atoms. The minimum absolute atomic E-state index is 0.246. The molecule has 1 aromatic carbocycles. The molecule has 1 heterocycles. The predicted molar refractivity (Wildman–Crippen MR) is 66.1 cm³/mol. The van der Waals surface area contributed by atoms with Gasteiger partial charge in [0.05, 0.1) is 12.7 Å². The molecule has 4 nitrogen and oxygen atoms in total. The predicted octanol–water partition coefficient (Wildman–Crippen LogP) is 1.72. The minimum Gasteiger partial charge on any atom is -0.465 e. The Morgan fingerprint density at radius 2 is 2.11 bits per heavy atom. The smallest absolute Gasteiger partial charge is 0.404 e. The largest absolute Gasteiger partial charge is 0.465 e. The number of benzene rings is 1. The Labute approximate surface area is 105 Å². The third-order valence-corrected chi connectivity index (χ3v) is 3.27. The summed E-state index contributed by atoms with van der Waals surface area (Å²) in [5.41, 5.74) is 1.16. The minimum atomic E-state index is -1.08. The maximum Gasteiger partial charge on any atom is 0.404 e. The number of carboxylic acid groups (broad SMARTS) is 1. The number of nitrogens with one attached hydrogen (secondary N) is 1.